The number of hydrogen-bond acceptors (Lipinski definition) is 5. The van der Waals surface area contributed by atoms with Crippen molar-refractivity contribution in [2.24, 2.45) is 5.73 Å². The van der Waals surface area contributed by atoms with Gasteiger partial charge in [0.1, 0.15) is 5.69 Å². The van der Waals surface area contributed by atoms with Gasteiger partial charge in [-0.15, -0.1) is 0 Å². The van der Waals surface area contributed by atoms with Gasteiger partial charge in [0, 0.05) is 12.7 Å². The van der Waals surface area contributed by atoms with Gasteiger partial charge < -0.3 is 10.3 Å². The minimum atomic E-state index is -0.100. The van der Waals surface area contributed by atoms with E-state index in [1.54, 1.807) is 6.20 Å². The number of nitrogens with two attached hydrogens (primary N) is 1. The lowest BCUT2D eigenvalue weighted by Crippen LogP contribution is -2.14. The fourth-order valence-corrected chi connectivity index (χ4v) is 2.26. The topological polar surface area (TPSA) is 77.8 Å². The summed E-state index contributed by atoms with van der Waals surface area (Å²) in [6.45, 7) is 2.38. The molecular formula is C16H16N4O. The summed E-state index contributed by atoms with van der Waals surface area (Å²) in [4.78, 5) is 8.77. The highest BCUT2D eigenvalue weighted by Gasteiger charge is 2.20. The van der Waals surface area contributed by atoms with Crippen LogP contribution in [0.15, 0.2) is 53.2 Å². The van der Waals surface area contributed by atoms with E-state index in [-0.39, 0.29) is 5.92 Å². The van der Waals surface area contributed by atoms with E-state index in [0.29, 0.717) is 18.3 Å². The van der Waals surface area contributed by atoms with Gasteiger partial charge in [0.05, 0.1) is 5.92 Å². The number of hydrogen-bond donors (Lipinski definition) is 1. The Labute approximate surface area is 122 Å². The smallest absolute Gasteiger partial charge is 0.235 e. The molecule has 0 amide bonds. The molecule has 106 valence electrons. The van der Waals surface area contributed by atoms with E-state index in [0.717, 1.165) is 16.8 Å². The largest absolute Gasteiger partial charge is 0.338 e. The molecule has 2 aromatic heterocycles. The summed E-state index contributed by atoms with van der Waals surface area (Å²) in [5, 5.41) is 4.04. The minimum absolute atomic E-state index is 0.100. The number of aryl methyl sites for hydroxylation is 1. The van der Waals surface area contributed by atoms with Crippen LogP contribution in [0, 0.1) is 6.92 Å². The van der Waals surface area contributed by atoms with E-state index >= 15 is 0 Å². The van der Waals surface area contributed by atoms with Crippen LogP contribution in [0.2, 0.25) is 0 Å². The molecule has 0 saturated carbocycles. The molecule has 1 atom stereocenters. The lowest BCUT2D eigenvalue weighted by molar-refractivity contribution is 0.367. The number of aromatic nitrogens is 3. The van der Waals surface area contributed by atoms with E-state index in [9.17, 15) is 0 Å². The van der Waals surface area contributed by atoms with E-state index < -0.39 is 0 Å². The van der Waals surface area contributed by atoms with Crippen molar-refractivity contribution in [1.29, 1.82) is 0 Å². The van der Waals surface area contributed by atoms with Crippen LogP contribution in [0.3, 0.4) is 0 Å². The Morgan fingerprint density at radius 1 is 1.14 bits per heavy atom. The molecule has 0 saturated heterocycles. The van der Waals surface area contributed by atoms with Crippen LogP contribution in [0.25, 0.3) is 11.5 Å². The second-order valence-corrected chi connectivity index (χ2v) is 4.82. The van der Waals surface area contributed by atoms with Gasteiger partial charge in [0.2, 0.25) is 11.7 Å². The molecule has 5 nitrogen and oxygen atoms in total. The molecule has 21 heavy (non-hydrogen) atoms. The van der Waals surface area contributed by atoms with Gasteiger partial charge in [0.25, 0.3) is 0 Å². The summed E-state index contributed by atoms with van der Waals surface area (Å²) >= 11 is 0. The average Bonchev–Trinajstić information content (AvgIpc) is 2.99. The first-order valence-electron chi connectivity index (χ1n) is 6.80. The number of benzene rings is 1. The molecule has 2 heterocycles. The molecular weight excluding hydrogens is 264 g/mol. The van der Waals surface area contributed by atoms with Gasteiger partial charge in [-0.1, -0.05) is 41.6 Å². The molecule has 2 N–H and O–H groups in total. The Morgan fingerprint density at radius 2 is 1.95 bits per heavy atom. The van der Waals surface area contributed by atoms with Crippen molar-refractivity contribution in [3.05, 3.63) is 65.7 Å². The summed E-state index contributed by atoms with van der Waals surface area (Å²) in [6.07, 6.45) is 1.72. The quantitative estimate of drug-likeness (QED) is 0.794. The average molecular weight is 280 g/mol. The van der Waals surface area contributed by atoms with Crippen LogP contribution >= 0.6 is 0 Å². The van der Waals surface area contributed by atoms with Crippen molar-refractivity contribution in [2.75, 3.05) is 6.54 Å². The third-order valence-corrected chi connectivity index (χ3v) is 3.40. The molecule has 0 aliphatic heterocycles. The van der Waals surface area contributed by atoms with Gasteiger partial charge in [0.15, 0.2) is 0 Å². The minimum Gasteiger partial charge on any atom is -0.338 e. The first-order chi connectivity index (χ1) is 10.3. The van der Waals surface area contributed by atoms with Crippen molar-refractivity contribution in [3.63, 3.8) is 0 Å². The summed E-state index contributed by atoms with van der Waals surface area (Å²) in [5.74, 6) is 0.915. The molecule has 0 bridgehead atoms. The van der Waals surface area contributed by atoms with Crippen molar-refractivity contribution < 1.29 is 4.52 Å². The van der Waals surface area contributed by atoms with Crippen LogP contribution in [-0.2, 0) is 0 Å². The first kappa shape index (κ1) is 13.5. The Balaban J connectivity index is 1.96. The molecule has 3 rings (SSSR count). The number of pyridine rings is 1. The van der Waals surface area contributed by atoms with E-state index in [1.165, 1.54) is 0 Å². The maximum absolute atomic E-state index is 5.87. The SMILES string of the molecule is Cc1cccnc1-c1noc(C(CN)c2ccccc2)n1. The summed E-state index contributed by atoms with van der Waals surface area (Å²) in [7, 11) is 0. The monoisotopic (exact) mass is 280 g/mol. The predicted octanol–water partition coefficient (Wildman–Crippen LogP) is 2.53. The normalized spacial score (nSPS) is 12.3. The second kappa shape index (κ2) is 5.85. The lowest BCUT2D eigenvalue weighted by atomic mass is 9.99. The van der Waals surface area contributed by atoms with Gasteiger partial charge in [-0.25, -0.2) is 0 Å². The maximum Gasteiger partial charge on any atom is 0.235 e. The maximum atomic E-state index is 5.87. The molecule has 3 aromatic rings. The van der Waals surface area contributed by atoms with Crippen molar-refractivity contribution in [2.45, 2.75) is 12.8 Å². The lowest BCUT2D eigenvalue weighted by Gasteiger charge is -2.09. The molecule has 1 aromatic carbocycles. The molecule has 5 heteroatoms. The standard InChI is InChI=1S/C16H16N4O/c1-11-6-5-9-18-14(11)15-19-16(21-20-15)13(10-17)12-7-3-2-4-8-12/h2-9,13H,10,17H2,1H3. The van der Waals surface area contributed by atoms with Gasteiger partial charge in [-0.2, -0.15) is 4.98 Å². The van der Waals surface area contributed by atoms with Crippen molar-refractivity contribution in [3.8, 4) is 11.5 Å². The summed E-state index contributed by atoms with van der Waals surface area (Å²) in [5.41, 5.74) is 8.68. The van der Waals surface area contributed by atoms with Crippen LogP contribution in [-0.4, -0.2) is 21.7 Å². The first-order valence-corrected chi connectivity index (χ1v) is 6.80. The zero-order valence-electron chi connectivity index (χ0n) is 11.7. The Hall–Kier alpha value is -2.53. The summed E-state index contributed by atoms with van der Waals surface area (Å²) < 4.78 is 5.40. The Bertz CT molecular complexity index is 724. The van der Waals surface area contributed by atoms with Gasteiger partial charge in [-0.3, -0.25) is 4.98 Å². The van der Waals surface area contributed by atoms with E-state index in [4.69, 9.17) is 10.3 Å². The second-order valence-electron chi connectivity index (χ2n) is 4.82. The molecule has 1 unspecified atom stereocenters. The third kappa shape index (κ3) is 2.68. The highest BCUT2D eigenvalue weighted by molar-refractivity contribution is 5.53. The zero-order valence-corrected chi connectivity index (χ0v) is 11.7. The van der Waals surface area contributed by atoms with Crippen molar-refractivity contribution >= 4 is 0 Å². The fraction of sp³-hybridized carbons (Fsp3) is 0.188. The highest BCUT2D eigenvalue weighted by Crippen LogP contribution is 2.25. The van der Waals surface area contributed by atoms with Gasteiger partial charge >= 0.3 is 0 Å². The molecule has 0 radical (unpaired) electrons. The predicted molar refractivity (Wildman–Crippen MR) is 79.6 cm³/mol. The number of nitrogens with zero attached hydrogens (tertiary/aromatic N) is 3. The van der Waals surface area contributed by atoms with Crippen LogP contribution in [0.4, 0.5) is 0 Å². The highest BCUT2D eigenvalue weighted by atomic mass is 16.5. The number of rotatable bonds is 4. The van der Waals surface area contributed by atoms with Crippen LogP contribution in [0.5, 0.6) is 0 Å². The Morgan fingerprint density at radius 3 is 2.67 bits per heavy atom. The zero-order chi connectivity index (χ0) is 14.7. The molecule has 0 fully saturated rings. The van der Waals surface area contributed by atoms with Crippen LogP contribution < -0.4 is 5.73 Å². The fourth-order valence-electron chi connectivity index (χ4n) is 2.26. The molecule has 0 aliphatic rings. The van der Waals surface area contributed by atoms with Gasteiger partial charge in [-0.05, 0) is 24.1 Å². The molecule has 0 spiro atoms. The molecule has 0 aliphatic carbocycles. The summed E-state index contributed by atoms with van der Waals surface area (Å²) in [6, 6.07) is 13.8. The van der Waals surface area contributed by atoms with E-state index in [2.05, 4.69) is 15.1 Å². The van der Waals surface area contributed by atoms with Crippen molar-refractivity contribution in [1.82, 2.24) is 15.1 Å². The third-order valence-electron chi connectivity index (χ3n) is 3.40. The van der Waals surface area contributed by atoms with Crippen LogP contribution in [0.1, 0.15) is 22.9 Å². The van der Waals surface area contributed by atoms with E-state index in [1.807, 2.05) is 49.4 Å². The Kier molecular flexibility index (Phi) is 3.75.